The van der Waals surface area contributed by atoms with E-state index in [4.69, 9.17) is 0 Å². The van der Waals surface area contributed by atoms with E-state index >= 15 is 0 Å². The van der Waals surface area contributed by atoms with Gasteiger partial charge in [-0.1, -0.05) is 6.58 Å². The maximum atomic E-state index is 4.25. The number of nitrogens with zero attached hydrogens (tertiary/aromatic N) is 2. The van der Waals surface area contributed by atoms with Crippen molar-refractivity contribution in [1.29, 1.82) is 0 Å². The molecule has 2 heterocycles. The second-order valence-electron chi connectivity index (χ2n) is 2.53. The van der Waals surface area contributed by atoms with E-state index in [0.717, 1.165) is 20.8 Å². The van der Waals surface area contributed by atoms with Gasteiger partial charge in [0.2, 0.25) is 0 Å². The molecule has 0 bridgehead atoms. The van der Waals surface area contributed by atoms with Crippen molar-refractivity contribution < 1.29 is 0 Å². The number of pyridine rings is 1. The number of fused-ring (bicyclic) bond motifs is 1. The highest BCUT2D eigenvalue weighted by Gasteiger charge is 2.08. The Morgan fingerprint density at radius 3 is 3.08 bits per heavy atom. The first-order valence-electron chi connectivity index (χ1n) is 3.83. The van der Waals surface area contributed by atoms with Crippen molar-refractivity contribution in [2.75, 3.05) is 0 Å². The second kappa shape index (κ2) is 3.11. The molecule has 13 heavy (non-hydrogen) atoms. The van der Waals surface area contributed by atoms with Gasteiger partial charge in [-0.05, 0) is 24.9 Å². The normalized spacial score (nSPS) is 10.2. The maximum Gasteiger partial charge on any atom is 0.107 e. The van der Waals surface area contributed by atoms with Gasteiger partial charge in [-0.2, -0.15) is 0 Å². The van der Waals surface area contributed by atoms with Gasteiger partial charge < -0.3 is 0 Å². The summed E-state index contributed by atoms with van der Waals surface area (Å²) in [6.45, 7) is 7.26. The average molecular weight is 188 g/mol. The summed E-state index contributed by atoms with van der Waals surface area (Å²) in [7, 11) is 0. The molecule has 64 valence electrons. The van der Waals surface area contributed by atoms with Crippen LogP contribution in [0, 0.1) is 0 Å². The van der Waals surface area contributed by atoms with Crippen LogP contribution in [0.25, 0.3) is 16.3 Å². The molecule has 0 atom stereocenters. The smallest absolute Gasteiger partial charge is 0.107 e. The second-order valence-corrected chi connectivity index (χ2v) is 3.61. The van der Waals surface area contributed by atoms with Gasteiger partial charge in [0, 0.05) is 6.20 Å². The summed E-state index contributed by atoms with van der Waals surface area (Å²) in [4.78, 5) is 9.24. The molecule has 0 saturated heterocycles. The van der Waals surface area contributed by atoms with Crippen LogP contribution in [0.2, 0.25) is 0 Å². The summed E-state index contributed by atoms with van der Waals surface area (Å²) in [6.07, 6.45) is 3.55. The lowest BCUT2D eigenvalue weighted by atomic mass is 10.3. The Balaban J connectivity index is 2.88. The molecular formula is C10H8N2S. The van der Waals surface area contributed by atoms with Crippen LogP contribution < -0.4 is 0 Å². The summed E-state index contributed by atoms with van der Waals surface area (Å²) < 4.78 is 1.12. The first-order chi connectivity index (χ1) is 6.36. The summed E-state index contributed by atoms with van der Waals surface area (Å²) in [5, 5.41) is 0. The molecule has 0 amide bonds. The molecule has 0 aliphatic rings. The van der Waals surface area contributed by atoms with Crippen LogP contribution in [-0.2, 0) is 0 Å². The van der Waals surface area contributed by atoms with Crippen LogP contribution in [0.15, 0.2) is 29.9 Å². The number of aliphatic imine (C=N–C) groups is 1. The molecule has 0 aliphatic carbocycles. The summed E-state index contributed by atoms with van der Waals surface area (Å²) >= 11 is 1.63. The molecule has 3 heteroatoms. The Kier molecular flexibility index (Phi) is 1.94. The van der Waals surface area contributed by atoms with Gasteiger partial charge in [-0.3, -0.25) is 9.98 Å². The molecular weight excluding hydrogens is 180 g/mol. The van der Waals surface area contributed by atoms with E-state index < -0.39 is 0 Å². The highest BCUT2D eigenvalue weighted by Crippen LogP contribution is 2.36. The minimum Gasteiger partial charge on any atom is -0.261 e. The maximum absolute atomic E-state index is 4.25. The fourth-order valence-corrected chi connectivity index (χ4v) is 2.20. The molecule has 2 rings (SSSR count). The lowest BCUT2D eigenvalue weighted by Crippen LogP contribution is -1.70. The molecule has 0 aliphatic heterocycles. The van der Waals surface area contributed by atoms with E-state index in [0.29, 0.717) is 0 Å². The number of hydrogen-bond acceptors (Lipinski definition) is 3. The molecule has 0 unspecified atom stereocenters. The molecule has 2 aromatic rings. The van der Waals surface area contributed by atoms with Crippen LogP contribution in [0.3, 0.4) is 0 Å². The summed E-state index contributed by atoms with van der Waals surface area (Å²) in [5.74, 6) is 0. The topological polar surface area (TPSA) is 25.2 Å². The van der Waals surface area contributed by atoms with Gasteiger partial charge in [-0.15, -0.1) is 11.3 Å². The van der Waals surface area contributed by atoms with Gasteiger partial charge in [0.1, 0.15) is 11.2 Å². The molecule has 0 N–H and O–H groups in total. The Morgan fingerprint density at radius 2 is 2.38 bits per heavy atom. The predicted molar refractivity (Wildman–Crippen MR) is 58.9 cm³/mol. The van der Waals surface area contributed by atoms with Gasteiger partial charge >= 0.3 is 0 Å². The number of aromatic nitrogens is 1. The first kappa shape index (κ1) is 8.13. The highest BCUT2D eigenvalue weighted by molar-refractivity contribution is 7.20. The molecule has 2 aromatic heterocycles. The monoisotopic (exact) mass is 188 g/mol. The minimum absolute atomic E-state index is 0.843. The first-order valence-corrected chi connectivity index (χ1v) is 4.65. The zero-order valence-corrected chi connectivity index (χ0v) is 7.84. The van der Waals surface area contributed by atoms with Crippen LogP contribution >= 0.6 is 11.3 Å². The van der Waals surface area contributed by atoms with E-state index in [1.807, 2.05) is 12.1 Å². The number of rotatable bonds is 2. The fraction of sp³-hybridized carbons (Fsp3) is 0. The van der Waals surface area contributed by atoms with Crippen LogP contribution in [-0.4, -0.2) is 11.7 Å². The Hall–Kier alpha value is -1.48. The van der Waals surface area contributed by atoms with Crippen LogP contribution in [0.5, 0.6) is 0 Å². The van der Waals surface area contributed by atoms with Crippen molar-refractivity contribution >= 4 is 40.0 Å². The average Bonchev–Trinajstić information content (AvgIpc) is 2.55. The largest absolute Gasteiger partial charge is 0.261 e. The van der Waals surface area contributed by atoms with E-state index in [1.165, 1.54) is 0 Å². The molecule has 0 aromatic carbocycles. The van der Waals surface area contributed by atoms with Crippen molar-refractivity contribution in [3.05, 3.63) is 29.8 Å². The van der Waals surface area contributed by atoms with Crippen molar-refractivity contribution in [1.82, 2.24) is 4.98 Å². The van der Waals surface area contributed by atoms with Crippen LogP contribution in [0.4, 0.5) is 5.69 Å². The molecule has 0 radical (unpaired) electrons. The zero-order valence-electron chi connectivity index (χ0n) is 7.03. The van der Waals surface area contributed by atoms with Crippen molar-refractivity contribution in [3.8, 4) is 0 Å². The van der Waals surface area contributed by atoms with Gasteiger partial charge in [-0.25, -0.2) is 0 Å². The quantitative estimate of drug-likeness (QED) is 0.664. The van der Waals surface area contributed by atoms with Gasteiger partial charge in [0.15, 0.2) is 0 Å². The Bertz CT molecular complexity index is 471. The lowest BCUT2D eigenvalue weighted by Gasteiger charge is -1.89. The lowest BCUT2D eigenvalue weighted by molar-refractivity contribution is 1.41. The molecule has 0 spiro atoms. The Morgan fingerprint density at radius 1 is 1.54 bits per heavy atom. The number of thiophene rings is 1. The van der Waals surface area contributed by atoms with Crippen molar-refractivity contribution in [2.45, 2.75) is 0 Å². The molecule has 0 fully saturated rings. The van der Waals surface area contributed by atoms with E-state index in [9.17, 15) is 0 Å². The van der Waals surface area contributed by atoms with Crippen molar-refractivity contribution in [3.63, 3.8) is 0 Å². The summed E-state index contributed by atoms with van der Waals surface area (Å²) in [5.41, 5.74) is 1.76. The highest BCUT2D eigenvalue weighted by atomic mass is 32.1. The Labute approximate surface area is 80.3 Å². The molecule has 2 nitrogen and oxygen atoms in total. The third-order valence-corrected chi connectivity index (χ3v) is 2.92. The minimum atomic E-state index is 0.843. The summed E-state index contributed by atoms with van der Waals surface area (Å²) in [6, 6.07) is 3.94. The van der Waals surface area contributed by atoms with E-state index in [1.54, 1.807) is 23.6 Å². The van der Waals surface area contributed by atoms with E-state index in [2.05, 4.69) is 23.3 Å². The van der Waals surface area contributed by atoms with E-state index in [-0.39, 0.29) is 0 Å². The SMILES string of the molecule is C=Cc1sc2cccnc2c1N=C. The number of hydrogen-bond donors (Lipinski definition) is 0. The fourth-order valence-electron chi connectivity index (χ4n) is 1.23. The zero-order chi connectivity index (χ0) is 9.26. The third kappa shape index (κ3) is 1.17. The van der Waals surface area contributed by atoms with Crippen molar-refractivity contribution in [2.24, 2.45) is 4.99 Å². The predicted octanol–water partition coefficient (Wildman–Crippen LogP) is 3.27. The van der Waals surface area contributed by atoms with Gasteiger partial charge in [0.25, 0.3) is 0 Å². The van der Waals surface area contributed by atoms with Gasteiger partial charge in [0.05, 0.1) is 9.58 Å². The third-order valence-electron chi connectivity index (χ3n) is 1.79. The van der Waals surface area contributed by atoms with Crippen LogP contribution in [0.1, 0.15) is 4.88 Å². The standard InChI is InChI=1S/C10H8N2S/c1-3-7-9(11-2)10-8(13-7)5-4-6-12-10/h3-6H,1-2H2. The molecule has 0 saturated carbocycles.